The van der Waals surface area contributed by atoms with Crippen LogP contribution in [0, 0.1) is 5.92 Å². The zero-order chi connectivity index (χ0) is 13.2. The van der Waals surface area contributed by atoms with Gasteiger partial charge in [-0.25, -0.2) is 0 Å². The molecule has 0 spiro atoms. The van der Waals surface area contributed by atoms with Crippen LogP contribution in [0.15, 0.2) is 16.6 Å². The van der Waals surface area contributed by atoms with Gasteiger partial charge in [-0.2, -0.15) is 0 Å². The largest absolute Gasteiger partial charge is 0.486 e. The van der Waals surface area contributed by atoms with Crippen LogP contribution in [0.1, 0.15) is 24.5 Å². The van der Waals surface area contributed by atoms with E-state index in [0.29, 0.717) is 25.6 Å². The fourth-order valence-electron chi connectivity index (χ4n) is 2.59. The summed E-state index contributed by atoms with van der Waals surface area (Å²) >= 11 is 3.48. The van der Waals surface area contributed by atoms with Crippen LogP contribution in [0.3, 0.4) is 0 Å². The second-order valence-corrected chi connectivity index (χ2v) is 5.80. The van der Waals surface area contributed by atoms with Crippen molar-refractivity contribution in [2.45, 2.75) is 18.9 Å². The molecule has 19 heavy (non-hydrogen) atoms. The summed E-state index contributed by atoms with van der Waals surface area (Å²) in [5, 5.41) is 10.5. The first-order chi connectivity index (χ1) is 9.25. The minimum Gasteiger partial charge on any atom is -0.486 e. The predicted octanol–water partition coefficient (Wildman–Crippen LogP) is 2.68. The minimum absolute atomic E-state index is 0.156. The highest BCUT2D eigenvalue weighted by Gasteiger charge is 2.26. The first-order valence-electron chi connectivity index (χ1n) is 6.60. The van der Waals surface area contributed by atoms with Crippen LogP contribution in [0.2, 0.25) is 0 Å². The molecule has 1 aromatic rings. The number of rotatable bonds is 2. The van der Waals surface area contributed by atoms with Gasteiger partial charge in [0.1, 0.15) is 13.2 Å². The molecule has 0 amide bonds. The number of ether oxygens (including phenoxy) is 3. The summed E-state index contributed by atoms with van der Waals surface area (Å²) in [7, 11) is 0. The predicted molar refractivity (Wildman–Crippen MR) is 73.6 cm³/mol. The molecule has 1 N–H and O–H groups in total. The molecule has 0 aliphatic carbocycles. The normalized spacial score (nSPS) is 24.0. The summed E-state index contributed by atoms with van der Waals surface area (Å²) < 4.78 is 17.4. The molecule has 1 fully saturated rings. The average molecular weight is 329 g/mol. The van der Waals surface area contributed by atoms with E-state index in [0.717, 1.165) is 35.2 Å². The molecule has 0 radical (unpaired) electrons. The summed E-state index contributed by atoms with van der Waals surface area (Å²) in [5.41, 5.74) is 0.853. The number of hydrogen-bond donors (Lipinski definition) is 1. The van der Waals surface area contributed by atoms with Crippen molar-refractivity contribution < 1.29 is 19.3 Å². The number of halogens is 1. The van der Waals surface area contributed by atoms with Crippen molar-refractivity contribution in [2.24, 2.45) is 5.92 Å². The monoisotopic (exact) mass is 328 g/mol. The van der Waals surface area contributed by atoms with Gasteiger partial charge in [-0.1, -0.05) is 0 Å². The van der Waals surface area contributed by atoms with Gasteiger partial charge in [0.05, 0.1) is 17.2 Å². The summed E-state index contributed by atoms with van der Waals surface area (Å²) in [4.78, 5) is 0. The Kier molecular flexibility index (Phi) is 3.96. The molecule has 0 bridgehead atoms. The van der Waals surface area contributed by atoms with Crippen molar-refractivity contribution in [3.63, 3.8) is 0 Å². The van der Waals surface area contributed by atoms with E-state index in [9.17, 15) is 5.11 Å². The molecule has 2 unspecified atom stereocenters. The van der Waals surface area contributed by atoms with E-state index >= 15 is 0 Å². The second kappa shape index (κ2) is 5.69. The van der Waals surface area contributed by atoms with Crippen LogP contribution in [0.5, 0.6) is 11.5 Å². The van der Waals surface area contributed by atoms with Gasteiger partial charge < -0.3 is 19.3 Å². The van der Waals surface area contributed by atoms with Crippen molar-refractivity contribution in [2.75, 3.05) is 26.4 Å². The van der Waals surface area contributed by atoms with Gasteiger partial charge in [0.15, 0.2) is 11.5 Å². The zero-order valence-electron chi connectivity index (χ0n) is 10.6. The van der Waals surface area contributed by atoms with Crippen LogP contribution in [-0.2, 0) is 4.74 Å². The van der Waals surface area contributed by atoms with E-state index in [1.54, 1.807) is 0 Å². The molecule has 0 aromatic heterocycles. The van der Waals surface area contributed by atoms with Crippen LogP contribution in [-0.4, -0.2) is 31.5 Å². The third-order valence-corrected chi connectivity index (χ3v) is 4.19. The standard InChI is InChI=1S/C14H17BrO4/c15-11-6-10(7-12-14(11)19-5-4-18-12)13(16)9-2-1-3-17-8-9/h6-7,9,13,16H,1-5,8H2. The molecule has 104 valence electrons. The molecule has 2 atom stereocenters. The van der Waals surface area contributed by atoms with Crippen molar-refractivity contribution >= 4 is 15.9 Å². The molecule has 4 nitrogen and oxygen atoms in total. The van der Waals surface area contributed by atoms with Crippen LogP contribution in [0.4, 0.5) is 0 Å². The van der Waals surface area contributed by atoms with Gasteiger partial charge in [-0.15, -0.1) is 0 Å². The molecule has 2 aliphatic rings. The highest BCUT2D eigenvalue weighted by molar-refractivity contribution is 9.10. The Morgan fingerprint density at radius 1 is 1.21 bits per heavy atom. The third kappa shape index (κ3) is 2.73. The van der Waals surface area contributed by atoms with E-state index in [4.69, 9.17) is 14.2 Å². The maximum Gasteiger partial charge on any atom is 0.175 e. The molecule has 0 saturated carbocycles. The molecular formula is C14H17BrO4. The molecule has 2 aliphatic heterocycles. The van der Waals surface area contributed by atoms with Crippen LogP contribution in [0.25, 0.3) is 0 Å². The summed E-state index contributed by atoms with van der Waals surface area (Å²) in [6, 6.07) is 3.78. The molecule has 5 heteroatoms. The average Bonchev–Trinajstić information content (AvgIpc) is 2.47. The van der Waals surface area contributed by atoms with Gasteiger partial charge in [-0.3, -0.25) is 0 Å². The van der Waals surface area contributed by atoms with Crippen molar-refractivity contribution in [1.82, 2.24) is 0 Å². The Morgan fingerprint density at radius 2 is 2.05 bits per heavy atom. The number of benzene rings is 1. The lowest BCUT2D eigenvalue weighted by molar-refractivity contribution is -0.0101. The first kappa shape index (κ1) is 13.2. The number of hydrogen-bond acceptors (Lipinski definition) is 4. The Balaban J connectivity index is 1.85. The lowest BCUT2D eigenvalue weighted by Gasteiger charge is -2.28. The lowest BCUT2D eigenvalue weighted by atomic mass is 9.91. The topological polar surface area (TPSA) is 47.9 Å². The van der Waals surface area contributed by atoms with Crippen molar-refractivity contribution in [1.29, 1.82) is 0 Å². The maximum atomic E-state index is 10.5. The van der Waals surface area contributed by atoms with E-state index < -0.39 is 6.10 Å². The van der Waals surface area contributed by atoms with Crippen molar-refractivity contribution in [3.05, 3.63) is 22.2 Å². The Labute approximate surface area is 120 Å². The molecular weight excluding hydrogens is 312 g/mol. The van der Waals surface area contributed by atoms with Crippen molar-refractivity contribution in [3.8, 4) is 11.5 Å². The highest BCUT2D eigenvalue weighted by Crippen LogP contribution is 2.41. The number of fused-ring (bicyclic) bond motifs is 1. The summed E-state index contributed by atoms with van der Waals surface area (Å²) in [6.07, 6.45) is 1.48. The minimum atomic E-state index is -0.521. The second-order valence-electron chi connectivity index (χ2n) is 4.95. The van der Waals surface area contributed by atoms with E-state index in [1.165, 1.54) is 0 Å². The quantitative estimate of drug-likeness (QED) is 0.906. The Hall–Kier alpha value is -0.780. The summed E-state index contributed by atoms with van der Waals surface area (Å²) in [6.45, 7) is 2.52. The lowest BCUT2D eigenvalue weighted by Crippen LogP contribution is -2.24. The number of aliphatic hydroxyl groups excluding tert-OH is 1. The molecule has 2 heterocycles. The fraction of sp³-hybridized carbons (Fsp3) is 0.571. The van der Waals surface area contributed by atoms with E-state index in [-0.39, 0.29) is 5.92 Å². The SMILES string of the molecule is OC(c1cc(Br)c2c(c1)OCCO2)C1CCCOC1. The molecule has 1 saturated heterocycles. The van der Waals surface area contributed by atoms with Gasteiger partial charge in [0.25, 0.3) is 0 Å². The highest BCUT2D eigenvalue weighted by atomic mass is 79.9. The van der Waals surface area contributed by atoms with Gasteiger partial charge in [0, 0.05) is 12.5 Å². The Morgan fingerprint density at radius 3 is 2.84 bits per heavy atom. The molecule has 3 rings (SSSR count). The van der Waals surface area contributed by atoms with Crippen LogP contribution < -0.4 is 9.47 Å². The first-order valence-corrected chi connectivity index (χ1v) is 7.40. The maximum absolute atomic E-state index is 10.5. The fourth-order valence-corrected chi connectivity index (χ4v) is 3.16. The smallest absolute Gasteiger partial charge is 0.175 e. The van der Waals surface area contributed by atoms with E-state index in [1.807, 2.05) is 12.1 Å². The van der Waals surface area contributed by atoms with Gasteiger partial charge in [0.2, 0.25) is 0 Å². The van der Waals surface area contributed by atoms with Crippen LogP contribution >= 0.6 is 15.9 Å². The Bertz CT molecular complexity index is 457. The summed E-state index contributed by atoms with van der Waals surface area (Å²) in [5.74, 6) is 1.58. The zero-order valence-corrected chi connectivity index (χ0v) is 12.2. The van der Waals surface area contributed by atoms with Gasteiger partial charge >= 0.3 is 0 Å². The third-order valence-electron chi connectivity index (χ3n) is 3.60. The van der Waals surface area contributed by atoms with E-state index in [2.05, 4.69) is 15.9 Å². The van der Waals surface area contributed by atoms with Gasteiger partial charge in [-0.05, 0) is 46.5 Å². The molecule has 1 aromatic carbocycles. The number of aliphatic hydroxyl groups is 1.